The summed E-state index contributed by atoms with van der Waals surface area (Å²) in [6, 6.07) is 2.51. The van der Waals surface area contributed by atoms with Crippen LogP contribution >= 0.6 is 0 Å². The molecule has 0 aliphatic rings. The Morgan fingerprint density at radius 1 is 1.39 bits per heavy atom. The fraction of sp³-hybridized carbons (Fsp3) is 0.286. The molecule has 124 valence electrons. The van der Waals surface area contributed by atoms with Gasteiger partial charge in [-0.05, 0) is 19.2 Å². The summed E-state index contributed by atoms with van der Waals surface area (Å²) in [7, 11) is 3.31. The predicted molar refractivity (Wildman–Crippen MR) is 76.7 cm³/mol. The van der Waals surface area contributed by atoms with Crippen molar-refractivity contribution in [3.63, 3.8) is 0 Å². The molecule has 1 unspecified atom stereocenters. The minimum Gasteiger partial charge on any atom is -0.432 e. The van der Waals surface area contributed by atoms with Crippen LogP contribution in [-0.2, 0) is 11.8 Å². The van der Waals surface area contributed by atoms with Gasteiger partial charge in [0.25, 0.3) is 0 Å². The van der Waals surface area contributed by atoms with Crippen molar-refractivity contribution < 1.29 is 22.7 Å². The zero-order valence-electron chi connectivity index (χ0n) is 12.4. The minimum absolute atomic E-state index is 0.123. The highest BCUT2D eigenvalue weighted by Gasteiger charge is 2.21. The lowest BCUT2D eigenvalue weighted by Crippen LogP contribution is -2.30. The third-order valence-corrected chi connectivity index (χ3v) is 3.02. The summed E-state index contributed by atoms with van der Waals surface area (Å²) >= 11 is 0. The first-order valence-corrected chi connectivity index (χ1v) is 6.61. The summed E-state index contributed by atoms with van der Waals surface area (Å²) < 4.78 is 43.3. The number of likely N-dealkylation sites (N-methyl/N-ethyl adjacent to an activating group) is 1. The van der Waals surface area contributed by atoms with E-state index in [0.717, 1.165) is 12.1 Å². The molecule has 0 saturated heterocycles. The Balaban J connectivity index is 2.11. The number of carbonyl (C=O) groups is 1. The van der Waals surface area contributed by atoms with Crippen LogP contribution in [-0.4, -0.2) is 29.3 Å². The van der Waals surface area contributed by atoms with Crippen LogP contribution in [0.3, 0.4) is 0 Å². The van der Waals surface area contributed by atoms with Gasteiger partial charge in [-0.3, -0.25) is 9.48 Å². The van der Waals surface area contributed by atoms with Crippen molar-refractivity contribution in [2.75, 3.05) is 12.4 Å². The van der Waals surface area contributed by atoms with Crippen LogP contribution in [0.25, 0.3) is 0 Å². The van der Waals surface area contributed by atoms with Crippen LogP contribution in [0.4, 0.5) is 18.9 Å². The van der Waals surface area contributed by atoms with Crippen molar-refractivity contribution >= 4 is 11.6 Å². The van der Waals surface area contributed by atoms with E-state index in [1.807, 2.05) is 0 Å². The normalized spacial score (nSPS) is 12.3. The number of hydrogen-bond acceptors (Lipinski definition) is 4. The van der Waals surface area contributed by atoms with Gasteiger partial charge in [0, 0.05) is 30.6 Å². The average molecular weight is 328 g/mol. The summed E-state index contributed by atoms with van der Waals surface area (Å²) in [5.41, 5.74) is 0.754. The number of nitrogens with zero attached hydrogens (tertiary/aromatic N) is 2. The Hall–Kier alpha value is -2.55. The number of rotatable bonds is 6. The van der Waals surface area contributed by atoms with Crippen molar-refractivity contribution in [1.82, 2.24) is 15.1 Å². The first-order valence-electron chi connectivity index (χ1n) is 6.61. The molecule has 9 heteroatoms. The molecule has 0 fully saturated rings. The third kappa shape index (κ3) is 4.22. The van der Waals surface area contributed by atoms with E-state index in [0.29, 0.717) is 5.56 Å². The molecule has 1 heterocycles. The van der Waals surface area contributed by atoms with Crippen molar-refractivity contribution in [1.29, 1.82) is 0 Å². The SMILES string of the molecule is CNC(C(=O)Nc1ccc(OC(F)F)c(F)c1)c1cnn(C)c1. The lowest BCUT2D eigenvalue weighted by Gasteiger charge is -2.15. The Bertz CT molecular complexity index is 690. The Labute approximate surface area is 130 Å². The first kappa shape index (κ1) is 16.8. The van der Waals surface area contributed by atoms with E-state index in [-0.39, 0.29) is 5.69 Å². The highest BCUT2D eigenvalue weighted by atomic mass is 19.3. The number of ether oxygens (including phenoxy) is 1. The standard InChI is InChI=1S/C14H15F3N4O2/c1-18-12(8-6-19-21(2)7-8)13(22)20-9-3-4-11(10(15)5-9)23-14(16)17/h3-7,12,14,18H,1-2H3,(H,20,22). The molecule has 0 spiro atoms. The Morgan fingerprint density at radius 3 is 2.65 bits per heavy atom. The van der Waals surface area contributed by atoms with E-state index >= 15 is 0 Å². The molecule has 2 aromatic rings. The number of nitrogens with one attached hydrogen (secondary N) is 2. The smallest absolute Gasteiger partial charge is 0.387 e. The zero-order chi connectivity index (χ0) is 17.0. The number of alkyl halides is 2. The summed E-state index contributed by atoms with van der Waals surface area (Å²) in [6.07, 6.45) is 3.20. The number of anilines is 1. The predicted octanol–water partition coefficient (Wildman–Crippen LogP) is 2.06. The molecule has 1 aromatic carbocycles. The van der Waals surface area contributed by atoms with Gasteiger partial charge in [0.1, 0.15) is 6.04 Å². The molecule has 0 saturated carbocycles. The van der Waals surface area contributed by atoms with E-state index in [9.17, 15) is 18.0 Å². The molecule has 6 nitrogen and oxygen atoms in total. The molecule has 23 heavy (non-hydrogen) atoms. The van der Waals surface area contributed by atoms with E-state index in [1.54, 1.807) is 25.0 Å². The van der Waals surface area contributed by atoms with Crippen LogP contribution in [0.5, 0.6) is 5.75 Å². The average Bonchev–Trinajstić information content (AvgIpc) is 2.88. The molecule has 0 radical (unpaired) electrons. The van der Waals surface area contributed by atoms with Crippen molar-refractivity contribution in [3.05, 3.63) is 42.0 Å². The van der Waals surface area contributed by atoms with Crippen molar-refractivity contribution in [3.8, 4) is 5.75 Å². The van der Waals surface area contributed by atoms with Crippen LogP contribution in [0.15, 0.2) is 30.6 Å². The van der Waals surface area contributed by atoms with E-state index in [1.165, 1.54) is 12.3 Å². The topological polar surface area (TPSA) is 68.2 Å². The molecule has 2 N–H and O–H groups in total. The molecule has 1 atom stereocenters. The minimum atomic E-state index is -3.12. The molecule has 1 aromatic heterocycles. The number of benzene rings is 1. The molecule has 0 aliphatic carbocycles. The second-order valence-electron chi connectivity index (χ2n) is 4.68. The number of carbonyl (C=O) groups excluding carboxylic acids is 1. The van der Waals surface area contributed by atoms with E-state index in [2.05, 4.69) is 20.5 Å². The van der Waals surface area contributed by atoms with Gasteiger partial charge in [-0.25, -0.2) is 4.39 Å². The molecular formula is C14H15F3N4O2. The molecular weight excluding hydrogens is 313 g/mol. The van der Waals surface area contributed by atoms with Crippen molar-refractivity contribution in [2.45, 2.75) is 12.7 Å². The Morgan fingerprint density at radius 2 is 2.13 bits per heavy atom. The lowest BCUT2D eigenvalue weighted by atomic mass is 10.1. The van der Waals surface area contributed by atoms with Gasteiger partial charge >= 0.3 is 6.61 Å². The maximum atomic E-state index is 13.6. The van der Waals surface area contributed by atoms with Gasteiger partial charge in [0.05, 0.1) is 6.20 Å². The lowest BCUT2D eigenvalue weighted by molar-refractivity contribution is -0.118. The fourth-order valence-electron chi connectivity index (χ4n) is 2.02. The van der Waals surface area contributed by atoms with Crippen molar-refractivity contribution in [2.24, 2.45) is 7.05 Å². The maximum absolute atomic E-state index is 13.6. The van der Waals surface area contributed by atoms with Gasteiger partial charge in [-0.2, -0.15) is 13.9 Å². The quantitative estimate of drug-likeness (QED) is 0.852. The van der Waals surface area contributed by atoms with Gasteiger partial charge in [-0.15, -0.1) is 0 Å². The highest BCUT2D eigenvalue weighted by molar-refractivity contribution is 5.95. The number of aromatic nitrogens is 2. The fourth-order valence-corrected chi connectivity index (χ4v) is 2.02. The number of aryl methyl sites for hydroxylation is 1. The molecule has 2 rings (SSSR count). The maximum Gasteiger partial charge on any atom is 0.387 e. The van der Waals surface area contributed by atoms with Gasteiger partial charge in [0.2, 0.25) is 5.91 Å². The monoisotopic (exact) mass is 328 g/mol. The van der Waals surface area contributed by atoms with Gasteiger partial charge in [-0.1, -0.05) is 0 Å². The summed E-state index contributed by atoms with van der Waals surface area (Å²) in [4.78, 5) is 12.2. The second kappa shape index (κ2) is 7.14. The van der Waals surface area contributed by atoms with E-state index < -0.39 is 30.1 Å². The van der Waals surface area contributed by atoms with Crippen LogP contribution in [0.2, 0.25) is 0 Å². The molecule has 0 bridgehead atoms. The largest absolute Gasteiger partial charge is 0.432 e. The van der Waals surface area contributed by atoms with Crippen LogP contribution in [0.1, 0.15) is 11.6 Å². The van der Waals surface area contributed by atoms with Crippen LogP contribution < -0.4 is 15.4 Å². The number of halogens is 3. The summed E-state index contributed by atoms with van der Waals surface area (Å²) in [6.45, 7) is -3.12. The summed E-state index contributed by atoms with van der Waals surface area (Å²) in [5, 5.41) is 9.30. The van der Waals surface area contributed by atoms with Crippen LogP contribution in [0, 0.1) is 5.82 Å². The molecule has 1 amide bonds. The third-order valence-electron chi connectivity index (χ3n) is 3.02. The van der Waals surface area contributed by atoms with E-state index in [4.69, 9.17) is 0 Å². The number of amides is 1. The van der Waals surface area contributed by atoms with Gasteiger partial charge < -0.3 is 15.4 Å². The first-order chi connectivity index (χ1) is 10.9. The Kier molecular flexibility index (Phi) is 5.22. The highest BCUT2D eigenvalue weighted by Crippen LogP contribution is 2.23. The number of hydrogen-bond donors (Lipinski definition) is 2. The molecule has 0 aliphatic heterocycles. The summed E-state index contributed by atoms with van der Waals surface area (Å²) in [5.74, 6) is -2.02. The second-order valence-corrected chi connectivity index (χ2v) is 4.68. The van der Waals surface area contributed by atoms with Gasteiger partial charge in [0.15, 0.2) is 11.6 Å². The zero-order valence-corrected chi connectivity index (χ0v) is 12.4.